The van der Waals surface area contributed by atoms with Crippen LogP contribution in [-0.4, -0.2) is 20.7 Å². The van der Waals surface area contributed by atoms with E-state index in [1.165, 1.54) is 5.56 Å². The lowest BCUT2D eigenvalue weighted by Gasteiger charge is -2.19. The topological polar surface area (TPSA) is 72.2 Å². The lowest BCUT2D eigenvalue weighted by atomic mass is 9.87. The van der Waals surface area contributed by atoms with Gasteiger partial charge in [-0.2, -0.15) is 0 Å². The minimum Gasteiger partial charge on any atom is -0.329 e. The van der Waals surface area contributed by atoms with E-state index in [4.69, 9.17) is 5.73 Å². The molecule has 5 heteroatoms. The predicted octanol–water partition coefficient (Wildman–Crippen LogP) is 1.68. The van der Waals surface area contributed by atoms with Crippen molar-refractivity contribution < 1.29 is 8.42 Å². The molecule has 0 aliphatic carbocycles. The first kappa shape index (κ1) is 14.0. The highest BCUT2D eigenvalue weighted by Crippen LogP contribution is 2.23. The standard InChI is InChI=1S/C12H20N2O2S/c1-12(2,3)10-4-6-11(7-5-10)14-17(15,16)9-8-13/h4-7,14H,8-9,13H2,1-3H3. The SMILES string of the molecule is CC(C)(C)c1ccc(NS(=O)(=O)CCN)cc1. The fourth-order valence-corrected chi connectivity index (χ4v) is 2.33. The van der Waals surface area contributed by atoms with Gasteiger partial charge in [0.25, 0.3) is 0 Å². The van der Waals surface area contributed by atoms with Gasteiger partial charge in [-0.1, -0.05) is 32.9 Å². The molecule has 0 fully saturated rings. The van der Waals surface area contributed by atoms with Gasteiger partial charge in [0.1, 0.15) is 0 Å². The smallest absolute Gasteiger partial charge is 0.233 e. The summed E-state index contributed by atoms with van der Waals surface area (Å²) in [4.78, 5) is 0. The number of hydrogen-bond acceptors (Lipinski definition) is 3. The molecule has 1 rings (SSSR count). The first-order valence-corrected chi connectivity index (χ1v) is 7.21. The zero-order valence-corrected chi connectivity index (χ0v) is 11.3. The summed E-state index contributed by atoms with van der Waals surface area (Å²) in [7, 11) is -3.31. The lowest BCUT2D eigenvalue weighted by Crippen LogP contribution is -2.22. The Morgan fingerprint density at radius 1 is 1.18 bits per heavy atom. The second-order valence-corrected chi connectivity index (χ2v) is 6.88. The Morgan fingerprint density at radius 3 is 2.12 bits per heavy atom. The van der Waals surface area contributed by atoms with Crippen molar-refractivity contribution in [2.75, 3.05) is 17.0 Å². The average molecular weight is 256 g/mol. The van der Waals surface area contributed by atoms with Gasteiger partial charge in [-0.15, -0.1) is 0 Å². The molecule has 0 saturated heterocycles. The van der Waals surface area contributed by atoms with E-state index < -0.39 is 10.0 Å². The van der Waals surface area contributed by atoms with Gasteiger partial charge in [-0.25, -0.2) is 8.42 Å². The highest BCUT2D eigenvalue weighted by molar-refractivity contribution is 7.92. The highest BCUT2D eigenvalue weighted by Gasteiger charge is 2.14. The molecule has 0 heterocycles. The zero-order chi connectivity index (χ0) is 13.1. The van der Waals surface area contributed by atoms with Crippen molar-refractivity contribution in [3.8, 4) is 0 Å². The molecule has 0 spiro atoms. The fraction of sp³-hybridized carbons (Fsp3) is 0.500. The molecule has 0 aliphatic heterocycles. The molecule has 0 atom stereocenters. The third-order valence-electron chi connectivity index (χ3n) is 2.41. The van der Waals surface area contributed by atoms with Crippen LogP contribution in [0.1, 0.15) is 26.3 Å². The minimum absolute atomic E-state index is 0.0615. The van der Waals surface area contributed by atoms with Crippen LogP contribution in [0.2, 0.25) is 0 Å². The highest BCUT2D eigenvalue weighted by atomic mass is 32.2. The summed E-state index contributed by atoms with van der Waals surface area (Å²) in [6.45, 7) is 6.46. The maximum atomic E-state index is 11.5. The van der Waals surface area contributed by atoms with E-state index in [-0.39, 0.29) is 17.7 Å². The van der Waals surface area contributed by atoms with Gasteiger partial charge < -0.3 is 5.73 Å². The van der Waals surface area contributed by atoms with Crippen molar-refractivity contribution in [2.45, 2.75) is 26.2 Å². The second kappa shape index (κ2) is 5.06. The fourth-order valence-electron chi connectivity index (χ4n) is 1.42. The van der Waals surface area contributed by atoms with Gasteiger partial charge >= 0.3 is 0 Å². The summed E-state index contributed by atoms with van der Waals surface area (Å²) < 4.78 is 25.5. The van der Waals surface area contributed by atoms with Crippen LogP contribution in [0.25, 0.3) is 0 Å². The maximum Gasteiger partial charge on any atom is 0.233 e. The van der Waals surface area contributed by atoms with Crippen molar-refractivity contribution >= 4 is 15.7 Å². The number of sulfonamides is 1. The van der Waals surface area contributed by atoms with Crippen LogP contribution in [-0.2, 0) is 15.4 Å². The van der Waals surface area contributed by atoms with Crippen molar-refractivity contribution in [2.24, 2.45) is 5.73 Å². The van der Waals surface area contributed by atoms with Gasteiger partial charge in [0, 0.05) is 12.2 Å². The normalized spacial score (nSPS) is 12.5. The number of nitrogens with one attached hydrogen (secondary N) is 1. The second-order valence-electron chi connectivity index (χ2n) is 5.04. The summed E-state index contributed by atoms with van der Waals surface area (Å²) in [6, 6.07) is 7.41. The van der Waals surface area contributed by atoms with Gasteiger partial charge in [-0.3, -0.25) is 4.72 Å². The van der Waals surface area contributed by atoms with E-state index >= 15 is 0 Å². The molecule has 0 unspecified atom stereocenters. The molecule has 96 valence electrons. The van der Waals surface area contributed by atoms with Crippen molar-refractivity contribution in [1.29, 1.82) is 0 Å². The summed E-state index contributed by atoms with van der Waals surface area (Å²) in [5, 5.41) is 0. The number of hydrogen-bond donors (Lipinski definition) is 2. The van der Waals surface area contributed by atoms with E-state index in [1.807, 2.05) is 12.1 Å². The Morgan fingerprint density at radius 2 is 1.71 bits per heavy atom. The summed E-state index contributed by atoms with van der Waals surface area (Å²) in [5.41, 5.74) is 7.04. The van der Waals surface area contributed by atoms with Gasteiger partial charge in [0.2, 0.25) is 10.0 Å². The third-order valence-corrected chi connectivity index (χ3v) is 3.73. The predicted molar refractivity (Wildman–Crippen MR) is 71.6 cm³/mol. The molecular weight excluding hydrogens is 236 g/mol. The van der Waals surface area contributed by atoms with E-state index in [1.54, 1.807) is 12.1 Å². The summed E-state index contributed by atoms with van der Waals surface area (Å²) in [6.07, 6.45) is 0. The Hall–Kier alpha value is -1.07. The van der Waals surface area contributed by atoms with Crippen LogP contribution in [0.3, 0.4) is 0 Å². The van der Waals surface area contributed by atoms with Crippen molar-refractivity contribution in [3.63, 3.8) is 0 Å². The molecule has 0 aromatic heterocycles. The van der Waals surface area contributed by atoms with Crippen LogP contribution in [0.4, 0.5) is 5.69 Å². The average Bonchev–Trinajstić information content (AvgIpc) is 2.16. The van der Waals surface area contributed by atoms with Crippen molar-refractivity contribution in [3.05, 3.63) is 29.8 Å². The van der Waals surface area contributed by atoms with Crippen molar-refractivity contribution in [1.82, 2.24) is 0 Å². The number of nitrogens with two attached hydrogens (primary N) is 1. The summed E-state index contributed by atoms with van der Waals surface area (Å²) >= 11 is 0. The molecule has 0 saturated carbocycles. The van der Waals surface area contributed by atoms with E-state index in [2.05, 4.69) is 25.5 Å². The number of rotatable bonds is 4. The minimum atomic E-state index is -3.31. The molecule has 4 nitrogen and oxygen atoms in total. The van der Waals surface area contributed by atoms with E-state index in [9.17, 15) is 8.42 Å². The molecule has 17 heavy (non-hydrogen) atoms. The Balaban J connectivity index is 2.83. The van der Waals surface area contributed by atoms with Crippen LogP contribution in [0.5, 0.6) is 0 Å². The van der Waals surface area contributed by atoms with Gasteiger partial charge in [0.05, 0.1) is 5.75 Å². The lowest BCUT2D eigenvalue weighted by molar-refractivity contribution is 0.590. The van der Waals surface area contributed by atoms with Crippen LogP contribution in [0, 0.1) is 0 Å². The molecule has 0 amide bonds. The molecule has 3 N–H and O–H groups in total. The molecule has 0 aliphatic rings. The van der Waals surface area contributed by atoms with Crippen LogP contribution >= 0.6 is 0 Å². The largest absolute Gasteiger partial charge is 0.329 e. The first-order chi connectivity index (χ1) is 7.74. The third kappa shape index (κ3) is 4.36. The Labute approximate surface area is 103 Å². The van der Waals surface area contributed by atoms with E-state index in [0.717, 1.165) is 0 Å². The first-order valence-electron chi connectivity index (χ1n) is 5.56. The molecule has 0 bridgehead atoms. The van der Waals surface area contributed by atoms with E-state index in [0.29, 0.717) is 5.69 Å². The molecule has 0 radical (unpaired) electrons. The summed E-state index contributed by atoms with van der Waals surface area (Å²) in [5.74, 6) is -0.0615. The quantitative estimate of drug-likeness (QED) is 0.861. The molecular formula is C12H20N2O2S. The Bertz CT molecular complexity index is 458. The van der Waals surface area contributed by atoms with Gasteiger partial charge in [0.15, 0.2) is 0 Å². The van der Waals surface area contributed by atoms with Crippen LogP contribution in [0.15, 0.2) is 24.3 Å². The molecule has 1 aromatic carbocycles. The van der Waals surface area contributed by atoms with Crippen LogP contribution < -0.4 is 10.5 Å². The number of benzene rings is 1. The van der Waals surface area contributed by atoms with Gasteiger partial charge in [-0.05, 0) is 23.1 Å². The monoisotopic (exact) mass is 256 g/mol. The zero-order valence-electron chi connectivity index (χ0n) is 10.5. The number of anilines is 1. The molecule has 1 aromatic rings. The maximum absolute atomic E-state index is 11.5. The Kier molecular flexibility index (Phi) is 4.16.